The van der Waals surface area contributed by atoms with Crippen molar-refractivity contribution in [3.8, 4) is 11.1 Å². The smallest absolute Gasteiger partial charge is 0.321 e. The van der Waals surface area contributed by atoms with Crippen LogP contribution in [0.15, 0.2) is 18.5 Å². The number of H-pyrrole nitrogens is 1. The van der Waals surface area contributed by atoms with Crippen LogP contribution in [0.3, 0.4) is 0 Å². The number of urea groups is 1. The molecule has 1 atom stereocenters. The van der Waals surface area contributed by atoms with Crippen LogP contribution in [-0.4, -0.2) is 46.2 Å². The number of aromatic nitrogens is 4. The maximum atomic E-state index is 15.8. The Morgan fingerprint density at radius 1 is 1.38 bits per heavy atom. The van der Waals surface area contributed by atoms with Gasteiger partial charge in [0.05, 0.1) is 17.1 Å². The van der Waals surface area contributed by atoms with Crippen LogP contribution in [0.5, 0.6) is 0 Å². The van der Waals surface area contributed by atoms with Gasteiger partial charge >= 0.3 is 6.03 Å². The minimum absolute atomic E-state index is 0.232. The molecule has 0 spiro atoms. The first-order valence-corrected chi connectivity index (χ1v) is 10.6. The second-order valence-electron chi connectivity index (χ2n) is 8.13. The summed E-state index contributed by atoms with van der Waals surface area (Å²) in [4.78, 5) is 28.2. The highest BCUT2D eigenvalue weighted by Crippen LogP contribution is 2.39. The largest absolute Gasteiger partial charge is 0.373 e. The van der Waals surface area contributed by atoms with Crippen molar-refractivity contribution in [2.24, 2.45) is 0 Å². The van der Waals surface area contributed by atoms with Crippen LogP contribution in [0, 0.1) is 5.82 Å². The molecule has 0 unspecified atom stereocenters. The molecular weight excluding hydrogens is 415 g/mol. The highest BCUT2D eigenvalue weighted by atomic mass is 19.1. The lowest BCUT2D eigenvalue weighted by Crippen LogP contribution is -2.28. The van der Waals surface area contributed by atoms with Crippen LogP contribution in [0.4, 0.5) is 15.1 Å². The molecule has 3 heterocycles. The summed E-state index contributed by atoms with van der Waals surface area (Å²) in [7, 11) is 1.59. The number of nitrogens with zero attached hydrogens (tertiary/aromatic N) is 3. The third kappa shape index (κ3) is 4.15. The first kappa shape index (κ1) is 22.1. The molecule has 9 nitrogen and oxygen atoms in total. The monoisotopic (exact) mass is 442 g/mol. The van der Waals surface area contributed by atoms with Crippen LogP contribution in [0.1, 0.15) is 51.1 Å². The van der Waals surface area contributed by atoms with Gasteiger partial charge in [0.25, 0.3) is 0 Å². The Morgan fingerprint density at radius 3 is 2.75 bits per heavy atom. The average Bonchev–Trinajstić information content (AvgIpc) is 3.43. The van der Waals surface area contributed by atoms with Crippen molar-refractivity contribution in [2.75, 3.05) is 25.6 Å². The van der Waals surface area contributed by atoms with E-state index < -0.39 is 23.6 Å². The van der Waals surface area contributed by atoms with Crippen LogP contribution in [-0.2, 0) is 15.1 Å². The van der Waals surface area contributed by atoms with Crippen molar-refractivity contribution in [3.63, 3.8) is 0 Å². The molecule has 1 aliphatic heterocycles. The lowest BCUT2D eigenvalue weighted by molar-refractivity contribution is 0.0115. The third-order valence-electron chi connectivity index (χ3n) is 5.58. The van der Waals surface area contributed by atoms with E-state index in [9.17, 15) is 4.79 Å². The summed E-state index contributed by atoms with van der Waals surface area (Å²) in [5, 5.41) is 5.28. The zero-order chi connectivity index (χ0) is 22.9. The molecule has 2 amide bonds. The maximum Gasteiger partial charge on any atom is 0.321 e. The normalized spacial score (nSPS) is 16.5. The van der Waals surface area contributed by atoms with Crippen molar-refractivity contribution in [3.05, 3.63) is 35.7 Å². The van der Waals surface area contributed by atoms with Gasteiger partial charge in [0, 0.05) is 49.3 Å². The van der Waals surface area contributed by atoms with Gasteiger partial charge in [-0.2, -0.15) is 0 Å². The SMILES string of the molecule is CCNC(=O)Nc1nc2c([C@H]3CCCO3)c(F)c(-c3cnc(C(C)(C)OC)nc3)cc2[nH]1. The number of halogens is 1. The second kappa shape index (κ2) is 8.79. The second-order valence-corrected chi connectivity index (χ2v) is 8.13. The molecule has 0 bridgehead atoms. The Morgan fingerprint density at radius 2 is 2.12 bits per heavy atom. The van der Waals surface area contributed by atoms with Gasteiger partial charge in [-0.25, -0.2) is 24.1 Å². The summed E-state index contributed by atoms with van der Waals surface area (Å²) in [6.45, 7) is 6.57. The number of nitrogens with one attached hydrogen (secondary N) is 3. The van der Waals surface area contributed by atoms with Gasteiger partial charge in [-0.3, -0.25) is 5.32 Å². The zero-order valence-corrected chi connectivity index (χ0v) is 18.6. The van der Waals surface area contributed by atoms with Crippen molar-refractivity contribution >= 4 is 23.0 Å². The molecule has 0 radical (unpaired) electrons. The number of ether oxygens (including phenoxy) is 2. The Hall–Kier alpha value is -3.11. The highest BCUT2D eigenvalue weighted by molar-refractivity contribution is 5.92. The molecule has 1 aliphatic rings. The molecule has 1 aromatic carbocycles. The fraction of sp³-hybridized carbons (Fsp3) is 0.455. The van der Waals surface area contributed by atoms with E-state index in [2.05, 4.69) is 30.6 Å². The summed E-state index contributed by atoms with van der Waals surface area (Å²) >= 11 is 0. The summed E-state index contributed by atoms with van der Waals surface area (Å²) in [6, 6.07) is 1.26. The number of carbonyl (C=O) groups is 1. The number of anilines is 1. The molecule has 3 aromatic rings. The topological polar surface area (TPSA) is 114 Å². The molecule has 32 heavy (non-hydrogen) atoms. The predicted molar refractivity (Wildman–Crippen MR) is 118 cm³/mol. The average molecular weight is 442 g/mol. The maximum absolute atomic E-state index is 15.8. The lowest BCUT2D eigenvalue weighted by Gasteiger charge is -2.21. The number of methoxy groups -OCH3 is 1. The van der Waals surface area contributed by atoms with E-state index in [1.165, 1.54) is 0 Å². The van der Waals surface area contributed by atoms with Crippen molar-refractivity contribution < 1.29 is 18.7 Å². The Balaban J connectivity index is 1.80. The van der Waals surface area contributed by atoms with E-state index in [1.807, 2.05) is 20.8 Å². The number of imidazole rings is 1. The number of hydrogen-bond acceptors (Lipinski definition) is 6. The van der Waals surface area contributed by atoms with E-state index in [0.29, 0.717) is 53.1 Å². The van der Waals surface area contributed by atoms with Gasteiger partial charge in [0.2, 0.25) is 5.95 Å². The van der Waals surface area contributed by atoms with E-state index in [-0.39, 0.29) is 5.95 Å². The lowest BCUT2D eigenvalue weighted by atomic mass is 9.98. The number of aromatic amines is 1. The van der Waals surface area contributed by atoms with Gasteiger partial charge in [0.15, 0.2) is 5.82 Å². The summed E-state index contributed by atoms with van der Waals surface area (Å²) < 4.78 is 27.0. The summed E-state index contributed by atoms with van der Waals surface area (Å²) in [5.41, 5.74) is 1.58. The van der Waals surface area contributed by atoms with Crippen LogP contribution >= 0.6 is 0 Å². The molecule has 0 aliphatic carbocycles. The molecule has 1 saturated heterocycles. The van der Waals surface area contributed by atoms with Crippen LogP contribution < -0.4 is 10.6 Å². The first-order valence-electron chi connectivity index (χ1n) is 10.6. The highest BCUT2D eigenvalue weighted by Gasteiger charge is 2.29. The first-order chi connectivity index (χ1) is 15.3. The van der Waals surface area contributed by atoms with E-state index in [4.69, 9.17) is 9.47 Å². The minimum Gasteiger partial charge on any atom is -0.373 e. The number of amides is 2. The van der Waals surface area contributed by atoms with Crippen LogP contribution in [0.2, 0.25) is 0 Å². The third-order valence-corrected chi connectivity index (χ3v) is 5.58. The molecule has 4 rings (SSSR count). The number of carbonyl (C=O) groups excluding carboxylic acids is 1. The molecule has 3 N–H and O–H groups in total. The molecular formula is C22H27FN6O3. The van der Waals surface area contributed by atoms with Gasteiger partial charge in [-0.1, -0.05) is 0 Å². The predicted octanol–water partition coefficient (Wildman–Crippen LogP) is 4.03. The fourth-order valence-electron chi connectivity index (χ4n) is 3.70. The Bertz CT molecular complexity index is 1120. The van der Waals surface area contributed by atoms with E-state index in [1.54, 1.807) is 25.6 Å². The van der Waals surface area contributed by atoms with E-state index in [0.717, 1.165) is 6.42 Å². The van der Waals surface area contributed by atoms with Gasteiger partial charge in [-0.05, 0) is 39.7 Å². The number of hydrogen-bond donors (Lipinski definition) is 3. The quantitative estimate of drug-likeness (QED) is 0.531. The Kier molecular flexibility index (Phi) is 6.07. The fourth-order valence-corrected chi connectivity index (χ4v) is 3.70. The standard InChI is InChI=1S/C22H27FN6O3/c1-5-24-21(30)29-20-27-14-9-13(12-10-25-19(26-11-12)22(2,3)31-4)17(23)16(18(14)28-20)15-7-6-8-32-15/h9-11,15H,5-8H2,1-4H3,(H3,24,27,28,29,30)/t15-/m1/s1. The molecule has 0 saturated carbocycles. The van der Waals surface area contributed by atoms with E-state index >= 15 is 4.39 Å². The number of rotatable bonds is 6. The Labute approximate surface area is 185 Å². The van der Waals surface area contributed by atoms with Gasteiger partial charge in [0.1, 0.15) is 11.4 Å². The summed E-state index contributed by atoms with van der Waals surface area (Å²) in [6.07, 6.45) is 4.28. The van der Waals surface area contributed by atoms with Crippen molar-refractivity contribution in [1.82, 2.24) is 25.3 Å². The van der Waals surface area contributed by atoms with Gasteiger partial charge < -0.3 is 19.8 Å². The number of benzene rings is 1. The van der Waals surface area contributed by atoms with Crippen LogP contribution in [0.25, 0.3) is 22.2 Å². The number of fused-ring (bicyclic) bond motifs is 1. The molecule has 170 valence electrons. The molecule has 10 heteroatoms. The van der Waals surface area contributed by atoms with Gasteiger partial charge in [-0.15, -0.1) is 0 Å². The molecule has 2 aromatic heterocycles. The molecule has 1 fully saturated rings. The summed E-state index contributed by atoms with van der Waals surface area (Å²) in [5.74, 6) is 0.303. The zero-order valence-electron chi connectivity index (χ0n) is 18.6. The minimum atomic E-state index is -0.660. The van der Waals surface area contributed by atoms with Crippen molar-refractivity contribution in [2.45, 2.75) is 45.3 Å². The van der Waals surface area contributed by atoms with Crippen molar-refractivity contribution in [1.29, 1.82) is 0 Å².